The molecule has 0 amide bonds. The van der Waals surface area contributed by atoms with Crippen LogP contribution < -0.4 is 14.6 Å². The molecule has 0 N–H and O–H groups in total. The summed E-state index contributed by atoms with van der Waals surface area (Å²) >= 11 is 1.50. The van der Waals surface area contributed by atoms with Gasteiger partial charge < -0.3 is 24.1 Å². The van der Waals surface area contributed by atoms with E-state index < -0.39 is 29.8 Å². The van der Waals surface area contributed by atoms with Crippen molar-refractivity contribution in [2.75, 3.05) is 0 Å². The number of ether oxygens (including phenoxy) is 3. The Kier molecular flexibility index (Phi) is 7.33. The maximum Gasteiger partial charge on any atom is 1.00 e. The van der Waals surface area contributed by atoms with Crippen molar-refractivity contribution in [3.8, 4) is 11.5 Å². The fourth-order valence-corrected chi connectivity index (χ4v) is 3.49. The number of alkyl halides is 3. The molecule has 0 aromatic heterocycles. The summed E-state index contributed by atoms with van der Waals surface area (Å²) in [5, 5.41) is 10.5. The van der Waals surface area contributed by atoms with E-state index in [9.17, 15) is 23.1 Å². The number of thioether (sulfide) groups is 1. The van der Waals surface area contributed by atoms with E-state index >= 15 is 0 Å². The van der Waals surface area contributed by atoms with E-state index in [1.165, 1.54) is 17.8 Å². The molecule has 1 saturated carbocycles. The SMILES string of the molecule is O=C([O-])OCc1cc(OC(F)(F)F)ccc1OC1(Sc2ccccc2)CC1.[Ag+]. The van der Waals surface area contributed by atoms with Gasteiger partial charge in [0.15, 0.2) is 4.93 Å². The van der Waals surface area contributed by atoms with Crippen molar-refractivity contribution >= 4 is 17.9 Å². The zero-order chi connectivity index (χ0) is 19.5. The molecule has 10 heteroatoms. The van der Waals surface area contributed by atoms with Crippen LogP contribution >= 0.6 is 11.8 Å². The molecule has 0 atom stereocenters. The molecule has 1 fully saturated rings. The normalized spacial score (nSPS) is 14.5. The second kappa shape index (κ2) is 9.13. The molecule has 1 aliphatic carbocycles. The maximum absolute atomic E-state index is 12.4. The summed E-state index contributed by atoms with van der Waals surface area (Å²) in [5.41, 5.74) is 0.112. The summed E-state index contributed by atoms with van der Waals surface area (Å²) in [5.74, 6) is -0.265. The Hall–Kier alpha value is -1.81. The van der Waals surface area contributed by atoms with Gasteiger partial charge in [0.1, 0.15) is 11.5 Å². The van der Waals surface area contributed by atoms with Crippen LogP contribution in [0.2, 0.25) is 0 Å². The maximum atomic E-state index is 12.4. The van der Waals surface area contributed by atoms with Crippen LogP contribution in [0, 0.1) is 0 Å². The second-order valence-electron chi connectivity index (χ2n) is 5.78. The number of carbonyl (C=O) groups excluding carboxylic acids is 1. The van der Waals surface area contributed by atoms with Crippen molar-refractivity contribution in [3.05, 3.63) is 54.1 Å². The van der Waals surface area contributed by atoms with Gasteiger partial charge in [0.2, 0.25) is 0 Å². The van der Waals surface area contributed by atoms with Crippen LogP contribution in [-0.2, 0) is 33.7 Å². The van der Waals surface area contributed by atoms with Gasteiger partial charge >= 0.3 is 28.7 Å². The van der Waals surface area contributed by atoms with Gasteiger partial charge in [-0.15, -0.1) is 13.2 Å². The van der Waals surface area contributed by atoms with Crippen molar-refractivity contribution in [2.45, 2.75) is 35.6 Å². The number of carbonyl (C=O) groups is 1. The molecule has 0 aliphatic heterocycles. The van der Waals surface area contributed by atoms with Crippen molar-refractivity contribution in [1.82, 2.24) is 0 Å². The van der Waals surface area contributed by atoms with Crippen LogP contribution in [0.1, 0.15) is 18.4 Å². The minimum Gasteiger partial charge on any atom is -0.545 e. The Labute approximate surface area is 178 Å². The standard InChI is InChI=1S/C18H15F3O5S.Ag/c19-18(20,21)25-13-6-7-15(12(10-13)11-24-16(22)23)26-17(8-9-17)27-14-4-2-1-3-5-14;/h1-7,10H,8-9,11H2,(H,22,23);/q;+1/p-1. The van der Waals surface area contributed by atoms with Crippen molar-refractivity contribution < 1.29 is 59.7 Å². The molecular weight excluding hydrogens is 493 g/mol. The van der Waals surface area contributed by atoms with E-state index in [-0.39, 0.29) is 33.7 Å². The molecule has 154 valence electrons. The Morgan fingerprint density at radius 2 is 1.82 bits per heavy atom. The minimum absolute atomic E-state index is 0. The van der Waals surface area contributed by atoms with Gasteiger partial charge in [0.25, 0.3) is 6.16 Å². The third kappa shape index (κ3) is 6.66. The molecule has 1 aliphatic rings. The van der Waals surface area contributed by atoms with Gasteiger partial charge in [0.05, 0.1) is 6.61 Å². The zero-order valence-electron chi connectivity index (χ0n) is 14.1. The van der Waals surface area contributed by atoms with E-state index in [4.69, 9.17) is 4.74 Å². The largest absolute Gasteiger partial charge is 1.00 e. The molecule has 0 saturated heterocycles. The van der Waals surface area contributed by atoms with Crippen molar-refractivity contribution in [2.24, 2.45) is 0 Å². The van der Waals surface area contributed by atoms with E-state index in [0.717, 1.165) is 29.9 Å². The first kappa shape index (κ1) is 22.5. The zero-order valence-corrected chi connectivity index (χ0v) is 16.4. The third-order valence-corrected chi connectivity index (χ3v) is 4.98. The minimum atomic E-state index is -4.87. The predicted molar refractivity (Wildman–Crippen MR) is 88.2 cm³/mol. The van der Waals surface area contributed by atoms with Crippen molar-refractivity contribution in [1.29, 1.82) is 0 Å². The van der Waals surface area contributed by atoms with Gasteiger partial charge in [-0.1, -0.05) is 30.0 Å². The summed E-state index contributed by atoms with van der Waals surface area (Å²) in [6.45, 7) is -0.515. The third-order valence-electron chi connectivity index (χ3n) is 3.61. The Morgan fingerprint density at radius 3 is 2.39 bits per heavy atom. The molecule has 28 heavy (non-hydrogen) atoms. The molecule has 0 bridgehead atoms. The van der Waals surface area contributed by atoms with Crippen LogP contribution in [0.5, 0.6) is 11.5 Å². The number of halogens is 3. The van der Waals surface area contributed by atoms with E-state index in [1.807, 2.05) is 30.3 Å². The number of rotatable bonds is 7. The molecule has 5 nitrogen and oxygen atoms in total. The van der Waals surface area contributed by atoms with E-state index in [1.54, 1.807) is 0 Å². The molecule has 0 unspecified atom stereocenters. The first-order chi connectivity index (χ1) is 12.7. The quantitative estimate of drug-likeness (QED) is 0.320. The fourth-order valence-electron chi connectivity index (χ4n) is 2.33. The molecule has 3 rings (SSSR count). The van der Waals surface area contributed by atoms with Gasteiger partial charge in [-0.05, 0) is 30.3 Å². The van der Waals surface area contributed by atoms with Crippen LogP contribution in [0.4, 0.5) is 18.0 Å². The Bertz CT molecular complexity index is 813. The van der Waals surface area contributed by atoms with Crippen LogP contribution in [0.25, 0.3) is 0 Å². The molecule has 2 aromatic rings. The first-order valence-electron chi connectivity index (χ1n) is 7.90. The number of hydrogen-bond donors (Lipinski definition) is 0. The van der Waals surface area contributed by atoms with Gasteiger partial charge in [-0.25, -0.2) is 0 Å². The Balaban J connectivity index is 0.00000280. The van der Waals surface area contributed by atoms with Crippen LogP contribution in [0.15, 0.2) is 53.4 Å². The monoisotopic (exact) mass is 506 g/mol. The van der Waals surface area contributed by atoms with Crippen LogP contribution in [-0.4, -0.2) is 17.5 Å². The molecular formula is C18H14AgF3O5S. The van der Waals surface area contributed by atoms with E-state index in [0.29, 0.717) is 0 Å². The Morgan fingerprint density at radius 1 is 1.14 bits per heavy atom. The number of carboxylic acid groups (broad SMARTS) is 1. The molecule has 0 spiro atoms. The summed E-state index contributed by atoms with van der Waals surface area (Å²) < 4.78 is 51.5. The second-order valence-corrected chi connectivity index (χ2v) is 7.20. The van der Waals surface area contributed by atoms with Crippen LogP contribution in [0.3, 0.4) is 0 Å². The number of benzene rings is 2. The molecule has 2 aromatic carbocycles. The summed E-state index contributed by atoms with van der Waals surface area (Å²) in [4.78, 5) is 11.0. The first-order valence-corrected chi connectivity index (χ1v) is 8.72. The molecule has 0 radical (unpaired) electrons. The van der Waals surface area contributed by atoms with Gasteiger partial charge in [0, 0.05) is 23.3 Å². The summed E-state index contributed by atoms with van der Waals surface area (Å²) in [6.07, 6.45) is -5.17. The van der Waals surface area contributed by atoms with Gasteiger partial charge in [-0.3, -0.25) is 0 Å². The van der Waals surface area contributed by atoms with Crippen molar-refractivity contribution in [3.63, 3.8) is 0 Å². The fraction of sp³-hybridized carbons (Fsp3) is 0.278. The van der Waals surface area contributed by atoms with Gasteiger partial charge in [-0.2, -0.15) is 0 Å². The van der Waals surface area contributed by atoms with E-state index in [2.05, 4.69) is 9.47 Å². The predicted octanol–water partition coefficient (Wildman–Crippen LogP) is 4.10. The number of hydrogen-bond acceptors (Lipinski definition) is 6. The summed E-state index contributed by atoms with van der Waals surface area (Å²) in [7, 11) is 0. The summed E-state index contributed by atoms with van der Waals surface area (Å²) in [6, 6.07) is 13.0. The smallest absolute Gasteiger partial charge is 0.545 e. The topological polar surface area (TPSA) is 67.8 Å². The average molecular weight is 507 g/mol. The average Bonchev–Trinajstić information content (AvgIpc) is 3.33. The molecule has 0 heterocycles.